The van der Waals surface area contributed by atoms with Gasteiger partial charge in [-0.1, -0.05) is 44.2 Å². The Bertz CT molecular complexity index is 1130. The van der Waals surface area contributed by atoms with Gasteiger partial charge in [0.1, 0.15) is 11.9 Å². The van der Waals surface area contributed by atoms with E-state index in [0.717, 1.165) is 59.7 Å². The van der Waals surface area contributed by atoms with Gasteiger partial charge in [0, 0.05) is 36.1 Å². The summed E-state index contributed by atoms with van der Waals surface area (Å²) in [6.07, 6.45) is 5.51. The molecular weight excluding hydrogens is 426 g/mol. The average Bonchev–Trinajstić information content (AvgIpc) is 2.81. The molecule has 1 atom stereocenters. The van der Waals surface area contributed by atoms with Crippen LogP contribution in [0.2, 0.25) is 0 Å². The first kappa shape index (κ1) is 23.7. The molecule has 2 aromatic heterocycles. The summed E-state index contributed by atoms with van der Waals surface area (Å²) in [6, 6.07) is 13.9. The third-order valence-electron chi connectivity index (χ3n) is 6.72. The minimum atomic E-state index is -0.854. The number of rotatable bonds is 7. The fourth-order valence-corrected chi connectivity index (χ4v) is 4.49. The largest absolute Gasteiger partial charge is 0.484 e. The molecular formula is C28H33N3O3. The predicted octanol–water partition coefficient (Wildman–Crippen LogP) is 5.85. The summed E-state index contributed by atoms with van der Waals surface area (Å²) in [5.41, 5.74) is 5.49. The van der Waals surface area contributed by atoms with E-state index in [1.165, 1.54) is 0 Å². The maximum atomic E-state index is 11.7. The van der Waals surface area contributed by atoms with Gasteiger partial charge in [0.05, 0.1) is 24.0 Å². The third kappa shape index (κ3) is 5.38. The Hall–Kier alpha value is -3.41. The maximum absolute atomic E-state index is 11.7. The van der Waals surface area contributed by atoms with Crippen molar-refractivity contribution in [1.82, 2.24) is 9.97 Å². The highest BCUT2D eigenvalue weighted by atomic mass is 16.5. The number of aromatic nitrogens is 2. The average molecular weight is 460 g/mol. The molecule has 0 unspecified atom stereocenters. The second kappa shape index (κ2) is 9.84. The van der Waals surface area contributed by atoms with E-state index in [9.17, 15) is 9.90 Å². The molecule has 6 nitrogen and oxygen atoms in total. The smallest absolute Gasteiger partial charge is 0.307 e. The SMILES string of the molecule is Cc1ncc(-c2ccc(O[C@H](C)c3ccccc3)cn2)c(N2CCC(C)(C)CC2)c1CC(=O)O. The van der Waals surface area contributed by atoms with Crippen LogP contribution in [0.1, 0.15) is 56.5 Å². The van der Waals surface area contributed by atoms with Gasteiger partial charge in [-0.25, -0.2) is 0 Å². The van der Waals surface area contributed by atoms with Gasteiger partial charge in [-0.15, -0.1) is 0 Å². The monoisotopic (exact) mass is 459 g/mol. The Morgan fingerprint density at radius 1 is 1.09 bits per heavy atom. The lowest BCUT2D eigenvalue weighted by atomic mass is 9.82. The lowest BCUT2D eigenvalue weighted by Crippen LogP contribution is -2.38. The summed E-state index contributed by atoms with van der Waals surface area (Å²) in [7, 11) is 0. The van der Waals surface area contributed by atoms with Crippen LogP contribution >= 0.6 is 0 Å². The highest BCUT2D eigenvalue weighted by Crippen LogP contribution is 2.39. The summed E-state index contributed by atoms with van der Waals surface area (Å²) in [4.78, 5) is 23.2. The number of pyridine rings is 2. The number of hydrogen-bond donors (Lipinski definition) is 1. The zero-order valence-corrected chi connectivity index (χ0v) is 20.4. The molecule has 1 aliphatic rings. The van der Waals surface area contributed by atoms with E-state index in [4.69, 9.17) is 9.72 Å². The van der Waals surface area contributed by atoms with Crippen LogP contribution in [0.3, 0.4) is 0 Å². The lowest BCUT2D eigenvalue weighted by Gasteiger charge is -2.40. The van der Waals surface area contributed by atoms with Crippen LogP contribution in [0.4, 0.5) is 5.69 Å². The van der Waals surface area contributed by atoms with Crippen molar-refractivity contribution in [2.45, 2.75) is 53.1 Å². The summed E-state index contributed by atoms with van der Waals surface area (Å²) in [5, 5.41) is 9.59. The van der Waals surface area contributed by atoms with E-state index in [1.807, 2.05) is 62.5 Å². The molecule has 4 rings (SSSR count). The first-order valence-electron chi connectivity index (χ1n) is 11.9. The van der Waals surface area contributed by atoms with Crippen LogP contribution in [0.15, 0.2) is 54.9 Å². The normalized spacial score (nSPS) is 16.2. The highest BCUT2D eigenvalue weighted by Gasteiger charge is 2.29. The molecule has 0 spiro atoms. The molecule has 0 bridgehead atoms. The maximum Gasteiger partial charge on any atom is 0.307 e. The number of aliphatic carboxylic acids is 1. The Labute approximate surface area is 201 Å². The van der Waals surface area contributed by atoms with Crippen LogP contribution in [-0.2, 0) is 11.2 Å². The summed E-state index contributed by atoms with van der Waals surface area (Å²) >= 11 is 0. The fourth-order valence-electron chi connectivity index (χ4n) is 4.49. The van der Waals surface area contributed by atoms with Crippen molar-refractivity contribution in [3.05, 3.63) is 71.7 Å². The van der Waals surface area contributed by atoms with Crippen LogP contribution in [0.5, 0.6) is 5.75 Å². The molecule has 0 radical (unpaired) electrons. The number of ether oxygens (including phenoxy) is 1. The standard InChI is InChI=1S/C28H33N3O3/c1-19-23(16-26(32)33)27(31-14-12-28(3,4)13-15-31)24(18-29-19)25-11-10-22(17-30-25)34-20(2)21-8-6-5-7-9-21/h5-11,17-18,20H,12-16H2,1-4H3,(H,32,33)/t20-/m1/s1. The molecule has 1 aromatic carbocycles. The molecule has 34 heavy (non-hydrogen) atoms. The van der Waals surface area contributed by atoms with Crippen molar-refractivity contribution in [2.24, 2.45) is 5.41 Å². The molecule has 3 heterocycles. The van der Waals surface area contributed by atoms with Crippen molar-refractivity contribution in [1.29, 1.82) is 0 Å². The number of anilines is 1. The van der Waals surface area contributed by atoms with Crippen molar-refractivity contribution < 1.29 is 14.6 Å². The van der Waals surface area contributed by atoms with Gasteiger partial charge in [-0.05, 0) is 49.8 Å². The Kier molecular flexibility index (Phi) is 6.87. The van der Waals surface area contributed by atoms with Crippen molar-refractivity contribution in [3.8, 4) is 17.0 Å². The van der Waals surface area contributed by atoms with E-state index in [0.29, 0.717) is 11.2 Å². The number of benzene rings is 1. The molecule has 1 N–H and O–H groups in total. The molecule has 0 saturated carbocycles. The first-order valence-corrected chi connectivity index (χ1v) is 11.9. The summed E-state index contributed by atoms with van der Waals surface area (Å²) in [5.74, 6) is -0.167. The van der Waals surface area contributed by atoms with E-state index >= 15 is 0 Å². The number of piperidine rings is 1. The third-order valence-corrected chi connectivity index (χ3v) is 6.72. The molecule has 0 amide bonds. The van der Waals surface area contributed by atoms with Crippen LogP contribution in [-0.4, -0.2) is 34.1 Å². The Morgan fingerprint density at radius 3 is 2.41 bits per heavy atom. The molecule has 1 saturated heterocycles. The van der Waals surface area contributed by atoms with Gasteiger partial charge in [-0.2, -0.15) is 0 Å². The van der Waals surface area contributed by atoms with Crippen molar-refractivity contribution in [2.75, 3.05) is 18.0 Å². The molecule has 1 fully saturated rings. The first-order chi connectivity index (χ1) is 16.2. The van der Waals surface area contributed by atoms with E-state index < -0.39 is 5.97 Å². The lowest BCUT2D eigenvalue weighted by molar-refractivity contribution is -0.136. The molecule has 0 aliphatic carbocycles. The van der Waals surface area contributed by atoms with Gasteiger partial charge in [0.2, 0.25) is 0 Å². The molecule has 6 heteroatoms. The minimum Gasteiger partial charge on any atom is -0.484 e. The fraction of sp³-hybridized carbons (Fsp3) is 0.393. The number of carboxylic acids is 1. The van der Waals surface area contributed by atoms with Gasteiger partial charge in [0.25, 0.3) is 0 Å². The predicted molar refractivity (Wildman–Crippen MR) is 134 cm³/mol. The van der Waals surface area contributed by atoms with Crippen LogP contribution in [0, 0.1) is 12.3 Å². The van der Waals surface area contributed by atoms with Crippen molar-refractivity contribution >= 4 is 11.7 Å². The number of nitrogens with zero attached hydrogens (tertiary/aromatic N) is 3. The zero-order valence-electron chi connectivity index (χ0n) is 20.4. The zero-order chi connectivity index (χ0) is 24.3. The van der Waals surface area contributed by atoms with E-state index in [1.54, 1.807) is 6.20 Å². The highest BCUT2D eigenvalue weighted by molar-refractivity contribution is 5.83. The van der Waals surface area contributed by atoms with Crippen molar-refractivity contribution in [3.63, 3.8) is 0 Å². The van der Waals surface area contributed by atoms with Gasteiger partial charge in [-0.3, -0.25) is 14.8 Å². The second-order valence-corrected chi connectivity index (χ2v) is 9.86. The van der Waals surface area contributed by atoms with Crippen LogP contribution < -0.4 is 9.64 Å². The van der Waals surface area contributed by atoms with E-state index in [2.05, 4.69) is 23.7 Å². The van der Waals surface area contributed by atoms with Crippen LogP contribution in [0.25, 0.3) is 11.3 Å². The topological polar surface area (TPSA) is 75.6 Å². The molecule has 3 aromatic rings. The number of aryl methyl sites for hydroxylation is 1. The Morgan fingerprint density at radius 2 is 1.79 bits per heavy atom. The number of carboxylic acid groups (broad SMARTS) is 1. The van der Waals surface area contributed by atoms with Gasteiger partial charge < -0.3 is 14.7 Å². The number of carbonyl (C=O) groups is 1. The second-order valence-electron chi connectivity index (χ2n) is 9.86. The van der Waals surface area contributed by atoms with Gasteiger partial charge >= 0.3 is 5.97 Å². The van der Waals surface area contributed by atoms with E-state index in [-0.39, 0.29) is 12.5 Å². The summed E-state index contributed by atoms with van der Waals surface area (Å²) in [6.45, 7) is 10.2. The number of hydrogen-bond acceptors (Lipinski definition) is 5. The summed E-state index contributed by atoms with van der Waals surface area (Å²) < 4.78 is 6.09. The molecule has 178 valence electrons. The molecule has 1 aliphatic heterocycles. The minimum absolute atomic E-state index is 0.0579. The Balaban J connectivity index is 1.66. The quantitative estimate of drug-likeness (QED) is 0.478. The van der Waals surface area contributed by atoms with Gasteiger partial charge in [0.15, 0.2) is 0 Å².